The maximum Gasteiger partial charge on any atom is 0.228 e. The van der Waals surface area contributed by atoms with Crippen LogP contribution in [0.5, 0.6) is 5.75 Å². The van der Waals surface area contributed by atoms with E-state index in [0.717, 1.165) is 17.7 Å². The van der Waals surface area contributed by atoms with Crippen LogP contribution >= 0.6 is 0 Å². The highest BCUT2D eigenvalue weighted by molar-refractivity contribution is 5.84. The molecule has 4 atom stereocenters. The van der Waals surface area contributed by atoms with Gasteiger partial charge in [-0.05, 0) is 36.2 Å². The van der Waals surface area contributed by atoms with Crippen molar-refractivity contribution < 1.29 is 24.8 Å². The van der Waals surface area contributed by atoms with Crippen LogP contribution in [-0.4, -0.2) is 72.6 Å². The average Bonchev–Trinajstić information content (AvgIpc) is 3.31. The molecule has 0 aliphatic carbocycles. The van der Waals surface area contributed by atoms with Gasteiger partial charge in [0, 0.05) is 0 Å². The first kappa shape index (κ1) is 21.9. The maximum absolute atomic E-state index is 10.5. The van der Waals surface area contributed by atoms with Gasteiger partial charge < -0.3 is 30.5 Å². The van der Waals surface area contributed by atoms with Gasteiger partial charge in [-0.2, -0.15) is 5.10 Å². The summed E-state index contributed by atoms with van der Waals surface area (Å²) in [5.41, 5.74) is 10.1. The van der Waals surface area contributed by atoms with E-state index < -0.39 is 31.1 Å². The Morgan fingerprint density at radius 1 is 1.25 bits per heavy atom. The second-order valence-corrected chi connectivity index (χ2v) is 7.25. The normalized spacial score (nSPS) is 23.2. The third-order valence-electron chi connectivity index (χ3n) is 5.01. The van der Waals surface area contributed by atoms with Crippen molar-refractivity contribution in [2.45, 2.75) is 37.9 Å². The van der Waals surface area contributed by atoms with Gasteiger partial charge in [-0.25, -0.2) is 20.4 Å². The Bertz CT molecular complexity index is 1090. The Hall–Kier alpha value is -3.32. The van der Waals surface area contributed by atoms with E-state index in [-0.39, 0.29) is 22.9 Å². The van der Waals surface area contributed by atoms with Crippen molar-refractivity contribution in [3.63, 3.8) is 0 Å². The number of imidazole rings is 1. The predicted molar refractivity (Wildman–Crippen MR) is 116 cm³/mol. The molecule has 1 aromatic carbocycles. The topological polar surface area (TPSA) is 173 Å². The van der Waals surface area contributed by atoms with Gasteiger partial charge in [0.25, 0.3) is 0 Å². The molecule has 170 valence electrons. The first-order valence-corrected chi connectivity index (χ1v) is 10.2. The molecular formula is C20H25N7O5. The fourth-order valence-electron chi connectivity index (χ4n) is 3.37. The van der Waals surface area contributed by atoms with Crippen molar-refractivity contribution in [1.82, 2.24) is 19.5 Å². The quantitative estimate of drug-likeness (QED) is 0.240. The monoisotopic (exact) mass is 443 g/mol. The van der Waals surface area contributed by atoms with Crippen molar-refractivity contribution in [2.75, 3.05) is 24.4 Å². The van der Waals surface area contributed by atoms with E-state index in [1.54, 1.807) is 6.21 Å². The zero-order valence-corrected chi connectivity index (χ0v) is 17.4. The number of nitrogens with zero attached hydrogens (tertiary/aromatic N) is 5. The van der Waals surface area contributed by atoms with Gasteiger partial charge in [0.05, 0.1) is 19.4 Å². The molecule has 0 saturated carbocycles. The van der Waals surface area contributed by atoms with Gasteiger partial charge in [0.1, 0.15) is 30.4 Å². The summed E-state index contributed by atoms with van der Waals surface area (Å²) in [6, 6.07) is 7.41. The molecule has 1 fully saturated rings. The van der Waals surface area contributed by atoms with E-state index in [1.165, 1.54) is 10.9 Å². The fourth-order valence-corrected chi connectivity index (χ4v) is 3.37. The first-order valence-electron chi connectivity index (χ1n) is 10.2. The third kappa shape index (κ3) is 4.21. The third-order valence-corrected chi connectivity index (χ3v) is 5.01. The van der Waals surface area contributed by atoms with Gasteiger partial charge in [-0.3, -0.25) is 4.57 Å². The molecule has 0 spiro atoms. The Kier molecular flexibility index (Phi) is 6.46. The number of hydrazone groups is 1. The molecule has 1 aliphatic heterocycles. The first-order chi connectivity index (χ1) is 15.5. The Morgan fingerprint density at radius 2 is 2.03 bits per heavy atom. The van der Waals surface area contributed by atoms with E-state index >= 15 is 0 Å². The number of ether oxygens (including phenoxy) is 2. The lowest BCUT2D eigenvalue weighted by atomic mass is 10.1. The minimum absolute atomic E-state index is 0.134. The number of hydrogen-bond acceptors (Lipinski definition) is 11. The lowest BCUT2D eigenvalue weighted by molar-refractivity contribution is -0.0501. The van der Waals surface area contributed by atoms with E-state index in [9.17, 15) is 15.3 Å². The van der Waals surface area contributed by atoms with Crippen LogP contribution in [0.25, 0.3) is 11.2 Å². The molecule has 6 N–H and O–H groups in total. The second kappa shape index (κ2) is 9.44. The van der Waals surface area contributed by atoms with Crippen LogP contribution in [0.2, 0.25) is 0 Å². The van der Waals surface area contributed by atoms with Crippen LogP contribution in [0.4, 0.5) is 11.8 Å². The lowest BCUT2D eigenvalue weighted by Gasteiger charge is -2.18. The number of aliphatic hydroxyl groups is 3. The Morgan fingerprint density at radius 3 is 2.72 bits per heavy atom. The zero-order valence-electron chi connectivity index (χ0n) is 17.4. The van der Waals surface area contributed by atoms with Crippen molar-refractivity contribution >= 4 is 29.1 Å². The highest BCUT2D eigenvalue weighted by atomic mass is 16.6. The minimum atomic E-state index is -1.33. The summed E-state index contributed by atoms with van der Waals surface area (Å²) in [4.78, 5) is 12.5. The van der Waals surface area contributed by atoms with Gasteiger partial charge in [0.2, 0.25) is 5.95 Å². The summed E-state index contributed by atoms with van der Waals surface area (Å²) in [6.45, 7) is 2.23. The van der Waals surface area contributed by atoms with Gasteiger partial charge >= 0.3 is 0 Å². The highest BCUT2D eigenvalue weighted by Gasteiger charge is 2.45. The maximum atomic E-state index is 10.5. The van der Waals surface area contributed by atoms with Crippen molar-refractivity contribution in [3.8, 4) is 5.75 Å². The number of rotatable bonds is 8. The predicted octanol–water partition coefficient (Wildman–Crippen LogP) is 0.255. The smallest absolute Gasteiger partial charge is 0.228 e. The summed E-state index contributed by atoms with van der Waals surface area (Å²) in [5.74, 6) is 1.08. The molecule has 0 amide bonds. The SMILES string of the molecule is CCCOc1ccc(C=NNc2nc3c(N)ncnc3n2C2OC(CO)C(O)C2O)cc1. The van der Waals surface area contributed by atoms with Crippen molar-refractivity contribution in [2.24, 2.45) is 5.10 Å². The van der Waals surface area contributed by atoms with E-state index in [0.29, 0.717) is 6.61 Å². The van der Waals surface area contributed by atoms with Crippen LogP contribution < -0.4 is 15.9 Å². The summed E-state index contributed by atoms with van der Waals surface area (Å²) >= 11 is 0. The van der Waals surface area contributed by atoms with Crippen LogP contribution in [-0.2, 0) is 4.74 Å². The average molecular weight is 443 g/mol. The molecule has 0 radical (unpaired) electrons. The molecule has 12 nitrogen and oxygen atoms in total. The molecule has 0 bridgehead atoms. The number of benzene rings is 1. The molecule has 12 heteroatoms. The number of fused-ring (bicyclic) bond motifs is 1. The molecule has 2 aromatic heterocycles. The molecule has 1 aliphatic rings. The summed E-state index contributed by atoms with van der Waals surface area (Å²) in [6.07, 6.45) is -0.886. The highest BCUT2D eigenvalue weighted by Crippen LogP contribution is 2.35. The number of anilines is 2. The zero-order chi connectivity index (χ0) is 22.7. The number of nitrogens with two attached hydrogens (primary N) is 1. The standard InChI is InChI=1S/C20H25N7O5/c1-2-7-31-12-5-3-11(4-6-12)8-24-26-20-25-14-17(21)22-10-23-18(14)27(20)19-16(30)15(29)13(9-28)32-19/h3-6,8,10,13,15-16,19,28-30H,2,7,9H2,1H3,(H,25,26)(H2,21,22,23). The molecule has 32 heavy (non-hydrogen) atoms. The molecular weight excluding hydrogens is 418 g/mol. The van der Waals surface area contributed by atoms with E-state index in [4.69, 9.17) is 15.2 Å². The van der Waals surface area contributed by atoms with Crippen LogP contribution in [0.1, 0.15) is 25.1 Å². The van der Waals surface area contributed by atoms with Crippen LogP contribution in [0.15, 0.2) is 35.7 Å². The Balaban J connectivity index is 1.60. The summed E-state index contributed by atoms with van der Waals surface area (Å²) in [7, 11) is 0. The minimum Gasteiger partial charge on any atom is -0.494 e. The van der Waals surface area contributed by atoms with Crippen LogP contribution in [0.3, 0.4) is 0 Å². The van der Waals surface area contributed by atoms with E-state index in [2.05, 4.69) is 25.5 Å². The van der Waals surface area contributed by atoms with Gasteiger partial charge in [-0.15, -0.1) is 0 Å². The molecule has 4 unspecified atom stereocenters. The molecule has 3 aromatic rings. The fraction of sp³-hybridized carbons (Fsp3) is 0.400. The lowest BCUT2D eigenvalue weighted by Crippen LogP contribution is -2.33. The van der Waals surface area contributed by atoms with Gasteiger partial charge in [-0.1, -0.05) is 6.92 Å². The number of aromatic nitrogens is 4. The van der Waals surface area contributed by atoms with Crippen molar-refractivity contribution in [1.29, 1.82) is 0 Å². The number of aliphatic hydroxyl groups excluding tert-OH is 3. The summed E-state index contributed by atoms with van der Waals surface area (Å²) < 4.78 is 12.6. The van der Waals surface area contributed by atoms with E-state index in [1.807, 2.05) is 31.2 Å². The molecule has 1 saturated heterocycles. The largest absolute Gasteiger partial charge is 0.494 e. The van der Waals surface area contributed by atoms with Crippen LogP contribution in [0, 0.1) is 0 Å². The van der Waals surface area contributed by atoms with Gasteiger partial charge in [0.15, 0.2) is 23.2 Å². The second-order valence-electron chi connectivity index (χ2n) is 7.25. The molecule has 4 rings (SSSR count). The number of hydrogen-bond donors (Lipinski definition) is 5. The van der Waals surface area contributed by atoms with Crippen molar-refractivity contribution in [3.05, 3.63) is 36.2 Å². The Labute approximate surface area is 183 Å². The number of nitrogen functional groups attached to an aromatic ring is 1. The summed E-state index contributed by atoms with van der Waals surface area (Å²) in [5, 5.41) is 34.3. The number of nitrogens with one attached hydrogen (secondary N) is 1. The molecule has 3 heterocycles.